The SMILES string of the molecule is CCCCCOc1ccc(/C=C2\SC(=S)N(C3CCS(=O)(=O)C3)C2=O)cc1OCC. The number of carbonyl (C=O) groups excluding carboxylic acids is 1. The van der Waals surface area contributed by atoms with Crippen LogP contribution in [0, 0.1) is 0 Å². The zero-order valence-electron chi connectivity index (χ0n) is 17.3. The summed E-state index contributed by atoms with van der Waals surface area (Å²) in [5, 5.41) is 0. The second kappa shape index (κ2) is 10.2. The van der Waals surface area contributed by atoms with Crippen LogP contribution in [0.2, 0.25) is 0 Å². The Morgan fingerprint density at radius 2 is 2.03 bits per heavy atom. The number of thiocarbonyl (C=S) groups is 1. The van der Waals surface area contributed by atoms with Crippen LogP contribution in [0.25, 0.3) is 6.08 Å². The molecule has 0 bridgehead atoms. The first-order chi connectivity index (χ1) is 14.3. The zero-order valence-corrected chi connectivity index (χ0v) is 19.7. The summed E-state index contributed by atoms with van der Waals surface area (Å²) in [6.45, 7) is 5.20. The molecule has 164 valence electrons. The van der Waals surface area contributed by atoms with Crippen LogP contribution >= 0.6 is 24.0 Å². The van der Waals surface area contributed by atoms with Crippen molar-refractivity contribution in [2.45, 2.75) is 45.6 Å². The summed E-state index contributed by atoms with van der Waals surface area (Å²) in [6.07, 6.45) is 5.44. The number of hydrogen-bond donors (Lipinski definition) is 0. The third kappa shape index (κ3) is 5.56. The molecule has 2 aliphatic rings. The summed E-state index contributed by atoms with van der Waals surface area (Å²) >= 11 is 6.58. The van der Waals surface area contributed by atoms with Crippen LogP contribution in [-0.4, -0.2) is 54.3 Å². The fraction of sp³-hybridized carbons (Fsp3) is 0.524. The van der Waals surface area contributed by atoms with Crippen molar-refractivity contribution in [3.8, 4) is 11.5 Å². The maximum Gasteiger partial charge on any atom is 0.266 e. The van der Waals surface area contributed by atoms with E-state index in [0.29, 0.717) is 40.4 Å². The maximum atomic E-state index is 12.9. The van der Waals surface area contributed by atoms with Crippen LogP contribution in [0.5, 0.6) is 11.5 Å². The van der Waals surface area contributed by atoms with E-state index in [9.17, 15) is 13.2 Å². The molecule has 1 unspecified atom stereocenters. The highest BCUT2D eigenvalue weighted by molar-refractivity contribution is 8.26. The molecular formula is C21H27NO5S3. The molecule has 6 nitrogen and oxygen atoms in total. The molecular weight excluding hydrogens is 442 g/mol. The lowest BCUT2D eigenvalue weighted by Gasteiger charge is -2.20. The van der Waals surface area contributed by atoms with Gasteiger partial charge in [-0.3, -0.25) is 9.69 Å². The molecule has 0 spiro atoms. The van der Waals surface area contributed by atoms with E-state index in [-0.39, 0.29) is 23.5 Å². The molecule has 1 amide bonds. The van der Waals surface area contributed by atoms with Crippen molar-refractivity contribution >= 4 is 50.1 Å². The molecule has 0 aromatic heterocycles. The molecule has 0 saturated carbocycles. The third-order valence-electron chi connectivity index (χ3n) is 4.97. The van der Waals surface area contributed by atoms with Gasteiger partial charge in [-0.25, -0.2) is 8.42 Å². The molecule has 1 aromatic rings. The number of sulfone groups is 1. The highest BCUT2D eigenvalue weighted by Crippen LogP contribution is 2.37. The molecule has 1 aromatic carbocycles. The Hall–Kier alpha value is -1.58. The number of rotatable bonds is 9. The zero-order chi connectivity index (χ0) is 21.7. The van der Waals surface area contributed by atoms with Gasteiger partial charge in [0, 0.05) is 0 Å². The lowest BCUT2D eigenvalue weighted by atomic mass is 10.1. The first kappa shape index (κ1) is 23.1. The number of hydrogen-bond acceptors (Lipinski definition) is 7. The number of thioether (sulfide) groups is 1. The molecule has 2 heterocycles. The highest BCUT2D eigenvalue weighted by Gasteiger charge is 2.42. The van der Waals surface area contributed by atoms with Gasteiger partial charge in [-0.2, -0.15) is 0 Å². The third-order valence-corrected chi connectivity index (χ3v) is 8.05. The molecule has 9 heteroatoms. The Labute approximate surface area is 187 Å². The normalized spacial score (nSPS) is 22.1. The summed E-state index contributed by atoms with van der Waals surface area (Å²) in [7, 11) is -3.10. The molecule has 2 fully saturated rings. The molecule has 2 saturated heterocycles. The molecule has 3 rings (SSSR count). The van der Waals surface area contributed by atoms with Crippen molar-refractivity contribution < 1.29 is 22.7 Å². The standard InChI is InChI=1S/C21H27NO5S3/c1-3-5-6-10-27-17-8-7-15(12-18(17)26-4-2)13-19-20(23)22(21(28)29-19)16-9-11-30(24,25)14-16/h7-8,12-13,16H,3-6,9-11,14H2,1-2H3/b19-13-. The lowest BCUT2D eigenvalue weighted by Crippen LogP contribution is -2.39. The van der Waals surface area contributed by atoms with Crippen LogP contribution in [0.15, 0.2) is 23.1 Å². The van der Waals surface area contributed by atoms with Gasteiger partial charge in [0.2, 0.25) is 0 Å². The summed E-state index contributed by atoms with van der Waals surface area (Å²) in [4.78, 5) is 14.8. The number of unbranched alkanes of at least 4 members (excludes halogenated alkanes) is 2. The number of amides is 1. The van der Waals surface area contributed by atoms with E-state index in [0.717, 1.165) is 24.8 Å². The van der Waals surface area contributed by atoms with Gasteiger partial charge in [-0.1, -0.05) is 49.8 Å². The lowest BCUT2D eigenvalue weighted by molar-refractivity contribution is -0.123. The van der Waals surface area contributed by atoms with E-state index < -0.39 is 9.84 Å². The fourth-order valence-corrected chi connectivity index (χ4v) is 6.56. The monoisotopic (exact) mass is 469 g/mol. The van der Waals surface area contributed by atoms with Gasteiger partial charge in [0.05, 0.1) is 35.7 Å². The number of nitrogens with zero attached hydrogens (tertiary/aromatic N) is 1. The van der Waals surface area contributed by atoms with Crippen LogP contribution in [0.3, 0.4) is 0 Å². The first-order valence-electron chi connectivity index (χ1n) is 10.2. The van der Waals surface area contributed by atoms with Crippen LogP contribution < -0.4 is 9.47 Å². The number of ether oxygens (including phenoxy) is 2. The average Bonchev–Trinajstić information content (AvgIpc) is 3.18. The minimum Gasteiger partial charge on any atom is -0.490 e. The highest BCUT2D eigenvalue weighted by atomic mass is 32.2. The Morgan fingerprint density at radius 3 is 2.70 bits per heavy atom. The number of carbonyl (C=O) groups is 1. The topological polar surface area (TPSA) is 72.9 Å². The number of benzene rings is 1. The quantitative estimate of drug-likeness (QED) is 0.307. The van der Waals surface area contributed by atoms with E-state index >= 15 is 0 Å². The largest absolute Gasteiger partial charge is 0.490 e. The van der Waals surface area contributed by atoms with Gasteiger partial charge in [-0.05, 0) is 43.5 Å². The Kier molecular flexibility index (Phi) is 7.81. The van der Waals surface area contributed by atoms with E-state index in [1.165, 1.54) is 16.7 Å². The predicted octanol–water partition coefficient (Wildman–Crippen LogP) is 4.04. The van der Waals surface area contributed by atoms with Gasteiger partial charge in [0.15, 0.2) is 21.3 Å². The van der Waals surface area contributed by atoms with Crippen molar-refractivity contribution in [1.29, 1.82) is 0 Å². The van der Waals surface area contributed by atoms with Crippen molar-refractivity contribution in [3.05, 3.63) is 28.7 Å². The Morgan fingerprint density at radius 1 is 1.23 bits per heavy atom. The minimum atomic E-state index is -3.10. The molecule has 30 heavy (non-hydrogen) atoms. The molecule has 0 aliphatic carbocycles. The van der Waals surface area contributed by atoms with E-state index in [4.69, 9.17) is 21.7 Å². The predicted molar refractivity (Wildman–Crippen MR) is 125 cm³/mol. The summed E-state index contributed by atoms with van der Waals surface area (Å²) in [5.74, 6) is 1.18. The summed E-state index contributed by atoms with van der Waals surface area (Å²) in [5.41, 5.74) is 0.805. The molecule has 2 aliphatic heterocycles. The maximum absolute atomic E-state index is 12.9. The van der Waals surface area contributed by atoms with Gasteiger partial charge < -0.3 is 9.47 Å². The van der Waals surface area contributed by atoms with Crippen LogP contribution in [0.1, 0.15) is 45.1 Å². The Balaban J connectivity index is 1.76. The van der Waals surface area contributed by atoms with Crippen LogP contribution in [0.4, 0.5) is 0 Å². The second-order valence-electron chi connectivity index (χ2n) is 7.30. The smallest absolute Gasteiger partial charge is 0.266 e. The van der Waals surface area contributed by atoms with Gasteiger partial charge in [-0.15, -0.1) is 0 Å². The van der Waals surface area contributed by atoms with Gasteiger partial charge in [0.25, 0.3) is 5.91 Å². The van der Waals surface area contributed by atoms with Crippen molar-refractivity contribution in [1.82, 2.24) is 4.90 Å². The minimum absolute atomic E-state index is 0.0225. The first-order valence-corrected chi connectivity index (χ1v) is 13.3. The van der Waals surface area contributed by atoms with Crippen molar-refractivity contribution in [2.75, 3.05) is 24.7 Å². The molecule has 1 atom stereocenters. The fourth-order valence-electron chi connectivity index (χ4n) is 3.46. The molecule has 0 radical (unpaired) electrons. The average molecular weight is 470 g/mol. The second-order valence-corrected chi connectivity index (χ2v) is 11.2. The Bertz CT molecular complexity index is 942. The van der Waals surface area contributed by atoms with Gasteiger partial charge in [0.1, 0.15) is 4.32 Å². The van der Waals surface area contributed by atoms with Crippen LogP contribution in [-0.2, 0) is 14.6 Å². The van der Waals surface area contributed by atoms with Crippen molar-refractivity contribution in [3.63, 3.8) is 0 Å². The molecule has 0 N–H and O–H groups in total. The summed E-state index contributed by atoms with van der Waals surface area (Å²) in [6, 6.07) is 5.22. The summed E-state index contributed by atoms with van der Waals surface area (Å²) < 4.78 is 35.6. The van der Waals surface area contributed by atoms with Crippen molar-refractivity contribution in [2.24, 2.45) is 0 Å². The van der Waals surface area contributed by atoms with E-state index in [2.05, 4.69) is 6.92 Å². The van der Waals surface area contributed by atoms with E-state index in [1.807, 2.05) is 25.1 Å². The van der Waals surface area contributed by atoms with Gasteiger partial charge >= 0.3 is 0 Å². The van der Waals surface area contributed by atoms with E-state index in [1.54, 1.807) is 6.08 Å².